The van der Waals surface area contributed by atoms with Gasteiger partial charge in [0.25, 0.3) is 5.91 Å². The molecule has 7 heteroatoms. The minimum absolute atomic E-state index is 0.0691. The molecule has 2 heterocycles. The highest BCUT2D eigenvalue weighted by Crippen LogP contribution is 2.29. The molecule has 2 N–H and O–H groups in total. The summed E-state index contributed by atoms with van der Waals surface area (Å²) in [5, 5.41) is 6.51. The number of amides is 1. The number of nitrogens with one attached hydrogen (secondary N) is 2. The second kappa shape index (κ2) is 6.92. The Morgan fingerprint density at radius 1 is 1.12 bits per heavy atom. The number of benzene rings is 1. The molecule has 3 aromatic rings. The number of rotatable bonds is 5. The fourth-order valence-electron chi connectivity index (χ4n) is 2.31. The number of halogens is 1. The summed E-state index contributed by atoms with van der Waals surface area (Å²) in [7, 11) is 0. The fraction of sp³-hybridized carbons (Fsp3) is 0.176. The lowest BCUT2D eigenvalue weighted by atomic mass is 10.1. The summed E-state index contributed by atoms with van der Waals surface area (Å²) in [5.74, 6) is -0.432. The van der Waals surface area contributed by atoms with Gasteiger partial charge in [-0.2, -0.15) is 0 Å². The second-order valence-corrected chi connectivity index (χ2v) is 5.90. The first kappa shape index (κ1) is 16.3. The van der Waals surface area contributed by atoms with Crippen molar-refractivity contribution >= 4 is 44.2 Å². The molecule has 0 aliphatic carbocycles. The topological polar surface area (TPSA) is 84.5 Å². The number of carbonyl (C=O) groups is 1. The van der Waals surface area contributed by atoms with Crippen LogP contribution < -0.4 is 16.3 Å². The van der Waals surface area contributed by atoms with E-state index in [0.717, 1.165) is 11.8 Å². The Bertz CT molecular complexity index is 945. The summed E-state index contributed by atoms with van der Waals surface area (Å²) in [6.45, 7) is 2.67. The molecular formula is C17H15BrN2O4. The van der Waals surface area contributed by atoms with Crippen LogP contribution in [0.4, 0.5) is 11.4 Å². The number of hydrogen-bond acceptors (Lipinski definition) is 5. The molecule has 0 saturated heterocycles. The number of hydrogen-bond donors (Lipinski definition) is 2. The Balaban J connectivity index is 2.06. The molecule has 0 unspecified atom stereocenters. The van der Waals surface area contributed by atoms with Gasteiger partial charge in [-0.3, -0.25) is 4.79 Å². The minimum Gasteiger partial charge on any atom is -0.444 e. The molecule has 6 nitrogen and oxygen atoms in total. The van der Waals surface area contributed by atoms with E-state index in [0.29, 0.717) is 22.5 Å². The number of anilines is 2. The summed E-state index contributed by atoms with van der Waals surface area (Å²) in [5.41, 5.74) is 0.452. The zero-order valence-corrected chi connectivity index (χ0v) is 14.5. The third-order valence-electron chi connectivity index (χ3n) is 3.40. The molecule has 0 aliphatic heterocycles. The zero-order chi connectivity index (χ0) is 17.1. The molecule has 0 atom stereocenters. The number of furan rings is 1. The van der Waals surface area contributed by atoms with Crippen molar-refractivity contribution in [2.24, 2.45) is 0 Å². The van der Waals surface area contributed by atoms with Gasteiger partial charge < -0.3 is 19.5 Å². The van der Waals surface area contributed by atoms with Crippen molar-refractivity contribution in [2.75, 3.05) is 17.2 Å². The number of para-hydroxylation sites is 1. The SMILES string of the molecule is CCCNc1c(NC(=O)c2ccc(Br)o2)c(=O)oc2ccccc12. The van der Waals surface area contributed by atoms with Crippen molar-refractivity contribution in [3.63, 3.8) is 0 Å². The van der Waals surface area contributed by atoms with Gasteiger partial charge in [-0.05, 0) is 46.6 Å². The zero-order valence-electron chi connectivity index (χ0n) is 12.9. The monoisotopic (exact) mass is 390 g/mol. The van der Waals surface area contributed by atoms with E-state index in [-0.39, 0.29) is 11.4 Å². The molecular weight excluding hydrogens is 376 g/mol. The minimum atomic E-state index is -0.619. The smallest absolute Gasteiger partial charge is 0.362 e. The van der Waals surface area contributed by atoms with Gasteiger partial charge >= 0.3 is 5.63 Å². The van der Waals surface area contributed by atoms with Crippen molar-refractivity contribution in [1.82, 2.24) is 0 Å². The quantitative estimate of drug-likeness (QED) is 0.636. The molecule has 1 aromatic carbocycles. The summed E-state index contributed by atoms with van der Waals surface area (Å²) in [4.78, 5) is 24.6. The normalized spacial score (nSPS) is 10.8. The third kappa shape index (κ3) is 3.21. The first-order valence-electron chi connectivity index (χ1n) is 7.46. The van der Waals surface area contributed by atoms with Crippen LogP contribution >= 0.6 is 15.9 Å². The molecule has 0 spiro atoms. The lowest BCUT2D eigenvalue weighted by molar-refractivity contribution is 0.0995. The van der Waals surface area contributed by atoms with E-state index in [1.165, 1.54) is 6.07 Å². The van der Waals surface area contributed by atoms with Gasteiger partial charge in [0.05, 0.1) is 5.69 Å². The van der Waals surface area contributed by atoms with Crippen molar-refractivity contribution in [3.05, 3.63) is 57.2 Å². The van der Waals surface area contributed by atoms with Crippen molar-refractivity contribution in [2.45, 2.75) is 13.3 Å². The average molecular weight is 391 g/mol. The maximum absolute atomic E-state index is 12.3. The van der Waals surface area contributed by atoms with Crippen molar-refractivity contribution < 1.29 is 13.6 Å². The van der Waals surface area contributed by atoms with E-state index >= 15 is 0 Å². The van der Waals surface area contributed by atoms with Gasteiger partial charge in [0.15, 0.2) is 16.1 Å². The van der Waals surface area contributed by atoms with Crippen LogP contribution in [0.3, 0.4) is 0 Å². The summed E-state index contributed by atoms with van der Waals surface area (Å²) >= 11 is 3.14. The molecule has 0 aliphatic rings. The van der Waals surface area contributed by atoms with Crippen molar-refractivity contribution in [1.29, 1.82) is 0 Å². The molecule has 24 heavy (non-hydrogen) atoms. The van der Waals surface area contributed by atoms with Crippen LogP contribution in [0.5, 0.6) is 0 Å². The molecule has 0 bridgehead atoms. The van der Waals surface area contributed by atoms with Crippen LogP contribution in [-0.4, -0.2) is 12.5 Å². The van der Waals surface area contributed by atoms with Gasteiger partial charge in [-0.15, -0.1) is 0 Å². The number of fused-ring (bicyclic) bond motifs is 1. The van der Waals surface area contributed by atoms with E-state index < -0.39 is 11.5 Å². The summed E-state index contributed by atoms with van der Waals surface area (Å²) in [6, 6.07) is 10.3. The first-order chi connectivity index (χ1) is 11.6. The second-order valence-electron chi connectivity index (χ2n) is 5.12. The third-order valence-corrected chi connectivity index (χ3v) is 3.83. The van der Waals surface area contributed by atoms with E-state index in [9.17, 15) is 9.59 Å². The first-order valence-corrected chi connectivity index (χ1v) is 8.26. The van der Waals surface area contributed by atoms with Gasteiger partial charge in [-0.1, -0.05) is 19.1 Å². The largest absolute Gasteiger partial charge is 0.444 e. The van der Waals surface area contributed by atoms with E-state index in [1.54, 1.807) is 18.2 Å². The molecule has 3 rings (SSSR count). The standard InChI is InChI=1S/C17H15BrN2O4/c1-2-9-19-14-10-5-3-4-6-11(10)24-17(22)15(14)20-16(21)12-7-8-13(18)23-12/h3-8,19H,2,9H2,1H3,(H,20,21). The highest BCUT2D eigenvalue weighted by Gasteiger charge is 2.19. The Morgan fingerprint density at radius 2 is 1.92 bits per heavy atom. The molecule has 124 valence electrons. The molecule has 2 aromatic heterocycles. The van der Waals surface area contributed by atoms with Crippen LogP contribution in [0.25, 0.3) is 11.0 Å². The van der Waals surface area contributed by atoms with Gasteiger partial charge in [0, 0.05) is 11.9 Å². The summed E-state index contributed by atoms with van der Waals surface area (Å²) in [6.07, 6.45) is 0.868. The van der Waals surface area contributed by atoms with Gasteiger partial charge in [-0.25, -0.2) is 4.79 Å². The maximum Gasteiger partial charge on any atom is 0.362 e. The predicted molar refractivity (Wildman–Crippen MR) is 95.6 cm³/mol. The van der Waals surface area contributed by atoms with Crippen LogP contribution in [0.2, 0.25) is 0 Å². The van der Waals surface area contributed by atoms with E-state index in [1.807, 2.05) is 19.1 Å². The molecule has 0 fully saturated rings. The molecule has 0 saturated carbocycles. The highest BCUT2D eigenvalue weighted by atomic mass is 79.9. The van der Waals surface area contributed by atoms with E-state index in [4.69, 9.17) is 8.83 Å². The Morgan fingerprint density at radius 3 is 2.62 bits per heavy atom. The average Bonchev–Trinajstić information content (AvgIpc) is 3.01. The Labute approximate surface area is 146 Å². The lowest BCUT2D eigenvalue weighted by Crippen LogP contribution is -2.20. The van der Waals surface area contributed by atoms with Gasteiger partial charge in [0.2, 0.25) is 0 Å². The Kier molecular flexibility index (Phi) is 4.71. The van der Waals surface area contributed by atoms with Crippen LogP contribution in [0.1, 0.15) is 23.9 Å². The van der Waals surface area contributed by atoms with Crippen LogP contribution in [0, 0.1) is 0 Å². The molecule has 0 radical (unpaired) electrons. The summed E-state index contributed by atoms with van der Waals surface area (Å²) < 4.78 is 11.0. The van der Waals surface area contributed by atoms with Crippen LogP contribution in [-0.2, 0) is 0 Å². The lowest BCUT2D eigenvalue weighted by Gasteiger charge is -2.13. The molecule has 1 amide bonds. The Hall–Kier alpha value is -2.54. The van der Waals surface area contributed by atoms with E-state index in [2.05, 4.69) is 26.6 Å². The highest BCUT2D eigenvalue weighted by molar-refractivity contribution is 9.10. The maximum atomic E-state index is 12.3. The van der Waals surface area contributed by atoms with Gasteiger partial charge in [0.1, 0.15) is 5.58 Å². The fourth-order valence-corrected chi connectivity index (χ4v) is 2.61. The number of carbonyl (C=O) groups excluding carboxylic acids is 1. The van der Waals surface area contributed by atoms with Crippen molar-refractivity contribution in [3.8, 4) is 0 Å². The van der Waals surface area contributed by atoms with Crippen LogP contribution in [0.15, 0.2) is 54.7 Å². The predicted octanol–water partition coefficient (Wildman–Crippen LogP) is 4.22.